The predicted octanol–water partition coefficient (Wildman–Crippen LogP) is 3.57. The van der Waals surface area contributed by atoms with Gasteiger partial charge in [-0.15, -0.1) is 0 Å². The van der Waals surface area contributed by atoms with Gasteiger partial charge in [0.25, 0.3) is 0 Å². The maximum atomic E-state index is 14.3. The molecule has 1 atom stereocenters. The van der Waals surface area contributed by atoms with E-state index in [9.17, 15) is 8.78 Å². The first kappa shape index (κ1) is 13.7. The van der Waals surface area contributed by atoms with Crippen molar-refractivity contribution >= 4 is 11.0 Å². The van der Waals surface area contributed by atoms with Crippen molar-refractivity contribution in [2.75, 3.05) is 0 Å². The van der Waals surface area contributed by atoms with Crippen LogP contribution >= 0.6 is 0 Å². The van der Waals surface area contributed by atoms with E-state index in [1.54, 1.807) is 13.0 Å². The smallest absolute Gasteiger partial charge is 0.134 e. The van der Waals surface area contributed by atoms with Crippen molar-refractivity contribution in [3.05, 3.63) is 71.0 Å². The van der Waals surface area contributed by atoms with Crippen LogP contribution in [-0.4, -0.2) is 0 Å². The quantitative estimate of drug-likeness (QED) is 0.572. The molecule has 0 amide bonds. The van der Waals surface area contributed by atoms with Gasteiger partial charge >= 0.3 is 0 Å². The number of para-hydroxylation sites is 1. The molecule has 0 aliphatic rings. The molecule has 0 fully saturated rings. The standard InChI is InChI=1S/C16H14F2N2O/c1-9-6-7-12(17)14(15(9)18)16(20-19)11-8-21-13-5-3-2-4-10(11)13/h2-8,16,20H,19H2,1H3. The molecule has 0 aliphatic carbocycles. The number of rotatable bonds is 3. The zero-order chi connectivity index (χ0) is 15.0. The summed E-state index contributed by atoms with van der Waals surface area (Å²) >= 11 is 0. The zero-order valence-corrected chi connectivity index (χ0v) is 11.4. The molecule has 2 aromatic carbocycles. The molecule has 3 N–H and O–H groups in total. The first-order valence-electron chi connectivity index (χ1n) is 6.50. The molecular weight excluding hydrogens is 274 g/mol. The summed E-state index contributed by atoms with van der Waals surface area (Å²) < 4.78 is 33.8. The fraction of sp³-hybridized carbons (Fsp3) is 0.125. The predicted molar refractivity (Wildman–Crippen MR) is 76.5 cm³/mol. The zero-order valence-electron chi connectivity index (χ0n) is 11.4. The highest BCUT2D eigenvalue weighted by Crippen LogP contribution is 2.33. The number of fused-ring (bicyclic) bond motifs is 1. The van der Waals surface area contributed by atoms with E-state index in [0.29, 0.717) is 16.7 Å². The topological polar surface area (TPSA) is 51.2 Å². The monoisotopic (exact) mass is 288 g/mol. The molecule has 0 bridgehead atoms. The number of benzene rings is 2. The molecule has 1 aromatic heterocycles. The number of hydrogen-bond donors (Lipinski definition) is 2. The summed E-state index contributed by atoms with van der Waals surface area (Å²) in [6.07, 6.45) is 1.47. The summed E-state index contributed by atoms with van der Waals surface area (Å²) in [6, 6.07) is 9.08. The van der Waals surface area contributed by atoms with E-state index in [4.69, 9.17) is 10.3 Å². The van der Waals surface area contributed by atoms with Crippen molar-refractivity contribution in [1.82, 2.24) is 5.43 Å². The van der Waals surface area contributed by atoms with Crippen molar-refractivity contribution < 1.29 is 13.2 Å². The van der Waals surface area contributed by atoms with Crippen LogP contribution in [0.4, 0.5) is 8.78 Å². The lowest BCUT2D eigenvalue weighted by atomic mass is 9.96. The number of hydrazine groups is 1. The van der Waals surface area contributed by atoms with Gasteiger partial charge in [-0.3, -0.25) is 5.84 Å². The van der Waals surface area contributed by atoms with E-state index < -0.39 is 17.7 Å². The molecule has 3 nitrogen and oxygen atoms in total. The van der Waals surface area contributed by atoms with Gasteiger partial charge in [0, 0.05) is 16.5 Å². The van der Waals surface area contributed by atoms with Crippen LogP contribution in [-0.2, 0) is 0 Å². The van der Waals surface area contributed by atoms with Gasteiger partial charge in [0.1, 0.15) is 17.2 Å². The number of hydrogen-bond acceptors (Lipinski definition) is 3. The van der Waals surface area contributed by atoms with Crippen molar-refractivity contribution in [3.63, 3.8) is 0 Å². The van der Waals surface area contributed by atoms with E-state index in [1.807, 2.05) is 18.2 Å². The average Bonchev–Trinajstić information content (AvgIpc) is 2.91. The maximum Gasteiger partial charge on any atom is 0.134 e. The van der Waals surface area contributed by atoms with Crippen molar-refractivity contribution in [2.45, 2.75) is 13.0 Å². The maximum absolute atomic E-state index is 14.3. The number of halogens is 2. The average molecular weight is 288 g/mol. The molecule has 0 aliphatic heterocycles. The molecule has 21 heavy (non-hydrogen) atoms. The minimum Gasteiger partial charge on any atom is -0.464 e. The fourth-order valence-corrected chi connectivity index (χ4v) is 2.49. The number of aryl methyl sites for hydroxylation is 1. The summed E-state index contributed by atoms with van der Waals surface area (Å²) in [5, 5.41) is 0.765. The van der Waals surface area contributed by atoms with Gasteiger partial charge in [-0.1, -0.05) is 24.3 Å². The van der Waals surface area contributed by atoms with Crippen LogP contribution in [0.15, 0.2) is 47.1 Å². The van der Waals surface area contributed by atoms with E-state index in [-0.39, 0.29) is 5.56 Å². The van der Waals surface area contributed by atoms with Gasteiger partial charge in [0.15, 0.2) is 0 Å². The van der Waals surface area contributed by atoms with Crippen LogP contribution in [0.5, 0.6) is 0 Å². The summed E-state index contributed by atoms with van der Waals surface area (Å²) in [5.74, 6) is 4.29. The molecule has 0 saturated carbocycles. The lowest BCUT2D eigenvalue weighted by molar-refractivity contribution is 0.503. The molecule has 1 heterocycles. The second-order valence-electron chi connectivity index (χ2n) is 4.88. The molecule has 3 rings (SSSR count). The molecule has 108 valence electrons. The summed E-state index contributed by atoms with van der Waals surface area (Å²) in [7, 11) is 0. The molecule has 1 unspecified atom stereocenters. The van der Waals surface area contributed by atoms with Crippen molar-refractivity contribution in [1.29, 1.82) is 0 Å². The Bertz CT molecular complexity index is 798. The van der Waals surface area contributed by atoms with Crippen LogP contribution in [0.1, 0.15) is 22.7 Å². The highest BCUT2D eigenvalue weighted by molar-refractivity contribution is 5.82. The third-order valence-corrected chi connectivity index (χ3v) is 3.60. The molecule has 0 saturated heterocycles. The van der Waals surface area contributed by atoms with E-state index in [0.717, 1.165) is 5.39 Å². The molecule has 0 spiro atoms. The van der Waals surface area contributed by atoms with Gasteiger partial charge in [-0.25, -0.2) is 14.2 Å². The molecule has 0 radical (unpaired) electrons. The Hall–Kier alpha value is -2.24. The Morgan fingerprint density at radius 3 is 2.67 bits per heavy atom. The summed E-state index contributed by atoms with van der Waals surface area (Å²) in [4.78, 5) is 0. The lowest BCUT2D eigenvalue weighted by Gasteiger charge is -2.18. The Kier molecular flexibility index (Phi) is 3.45. The lowest BCUT2D eigenvalue weighted by Crippen LogP contribution is -2.30. The Morgan fingerprint density at radius 1 is 1.14 bits per heavy atom. The highest BCUT2D eigenvalue weighted by atomic mass is 19.1. The van der Waals surface area contributed by atoms with E-state index >= 15 is 0 Å². The van der Waals surface area contributed by atoms with Crippen LogP contribution in [0.25, 0.3) is 11.0 Å². The van der Waals surface area contributed by atoms with Gasteiger partial charge in [0.2, 0.25) is 0 Å². The van der Waals surface area contributed by atoms with Crippen LogP contribution in [0.3, 0.4) is 0 Å². The normalized spacial score (nSPS) is 12.8. The second-order valence-corrected chi connectivity index (χ2v) is 4.88. The Balaban J connectivity index is 2.22. The largest absolute Gasteiger partial charge is 0.464 e. The number of nitrogens with one attached hydrogen (secondary N) is 1. The second kappa shape index (κ2) is 5.27. The van der Waals surface area contributed by atoms with Crippen molar-refractivity contribution in [2.24, 2.45) is 5.84 Å². The third kappa shape index (κ3) is 2.20. The van der Waals surface area contributed by atoms with Crippen molar-refractivity contribution in [3.8, 4) is 0 Å². The molecule has 5 heteroatoms. The molecule has 3 aromatic rings. The fourth-order valence-electron chi connectivity index (χ4n) is 2.49. The Labute approximate surface area is 120 Å². The third-order valence-electron chi connectivity index (χ3n) is 3.60. The van der Waals surface area contributed by atoms with Gasteiger partial charge in [-0.05, 0) is 24.6 Å². The van der Waals surface area contributed by atoms with Gasteiger partial charge < -0.3 is 4.42 Å². The Morgan fingerprint density at radius 2 is 1.90 bits per heavy atom. The SMILES string of the molecule is Cc1ccc(F)c(C(NN)c2coc3ccccc23)c1F. The highest BCUT2D eigenvalue weighted by Gasteiger charge is 2.25. The first-order valence-corrected chi connectivity index (χ1v) is 6.50. The van der Waals surface area contributed by atoms with Crippen LogP contribution in [0.2, 0.25) is 0 Å². The minimum atomic E-state index is -0.825. The summed E-state index contributed by atoms with van der Waals surface area (Å²) in [6.45, 7) is 1.58. The van der Waals surface area contributed by atoms with E-state index in [1.165, 1.54) is 18.4 Å². The number of nitrogens with two attached hydrogens (primary N) is 1. The van der Waals surface area contributed by atoms with Crippen LogP contribution in [0, 0.1) is 18.6 Å². The minimum absolute atomic E-state index is 0.107. The van der Waals surface area contributed by atoms with E-state index in [2.05, 4.69) is 5.43 Å². The summed E-state index contributed by atoms with van der Waals surface area (Å²) in [5.41, 5.74) is 3.97. The van der Waals surface area contributed by atoms with Gasteiger partial charge in [0.05, 0.1) is 12.3 Å². The van der Waals surface area contributed by atoms with Crippen LogP contribution < -0.4 is 11.3 Å². The first-order chi connectivity index (χ1) is 10.1. The van der Waals surface area contributed by atoms with Gasteiger partial charge in [-0.2, -0.15) is 0 Å². The number of furan rings is 1. The molecular formula is C16H14F2N2O.